The molecule has 1 amide bonds. The van der Waals surface area contributed by atoms with Crippen LogP contribution < -0.4 is 0 Å². The number of carbonyl (C=O) groups excluding carboxylic acids is 1. The minimum atomic E-state index is 0.0568. The van der Waals surface area contributed by atoms with Crippen molar-refractivity contribution in [3.05, 3.63) is 17.8 Å². The van der Waals surface area contributed by atoms with Gasteiger partial charge in [0.2, 0.25) is 0 Å². The number of oxazole rings is 1. The van der Waals surface area contributed by atoms with Crippen molar-refractivity contribution in [1.82, 2.24) is 9.88 Å². The fourth-order valence-electron chi connectivity index (χ4n) is 3.30. The lowest BCUT2D eigenvalue weighted by atomic mass is 9.98. The minimum absolute atomic E-state index is 0.0568. The van der Waals surface area contributed by atoms with Crippen molar-refractivity contribution in [2.24, 2.45) is 11.8 Å². The van der Waals surface area contributed by atoms with Crippen molar-refractivity contribution >= 4 is 5.91 Å². The molecule has 0 N–H and O–H groups in total. The van der Waals surface area contributed by atoms with Gasteiger partial charge in [0, 0.05) is 19.0 Å². The molecule has 1 saturated carbocycles. The monoisotopic (exact) mass is 290 g/mol. The van der Waals surface area contributed by atoms with Gasteiger partial charge in [-0.3, -0.25) is 4.79 Å². The Morgan fingerprint density at radius 2 is 2.14 bits per heavy atom. The Hall–Kier alpha value is -1.32. The second-order valence-electron chi connectivity index (χ2n) is 6.93. The van der Waals surface area contributed by atoms with Gasteiger partial charge in [-0.2, -0.15) is 0 Å². The molecule has 4 heteroatoms. The van der Waals surface area contributed by atoms with Crippen LogP contribution in [0.1, 0.15) is 68.8 Å². The van der Waals surface area contributed by atoms with E-state index in [1.54, 1.807) is 6.26 Å². The molecule has 1 aliphatic carbocycles. The van der Waals surface area contributed by atoms with E-state index >= 15 is 0 Å². The van der Waals surface area contributed by atoms with Crippen LogP contribution in [-0.4, -0.2) is 28.4 Å². The van der Waals surface area contributed by atoms with E-state index in [4.69, 9.17) is 4.42 Å². The van der Waals surface area contributed by atoms with Crippen LogP contribution >= 0.6 is 0 Å². The molecule has 116 valence electrons. The summed E-state index contributed by atoms with van der Waals surface area (Å²) in [6.45, 7) is 5.27. The van der Waals surface area contributed by atoms with Gasteiger partial charge >= 0.3 is 0 Å². The maximum Gasteiger partial charge on any atom is 0.276 e. The molecule has 2 heterocycles. The SMILES string of the molecule is CC(C)[C@H]1CCCCCN1C(=O)c1coc(CC2CC2)n1. The number of amides is 1. The van der Waals surface area contributed by atoms with Crippen LogP contribution in [0.2, 0.25) is 0 Å². The average molecular weight is 290 g/mol. The fraction of sp³-hybridized carbons (Fsp3) is 0.765. The number of hydrogen-bond acceptors (Lipinski definition) is 3. The molecule has 1 atom stereocenters. The molecular weight excluding hydrogens is 264 g/mol. The van der Waals surface area contributed by atoms with Gasteiger partial charge in [-0.15, -0.1) is 0 Å². The van der Waals surface area contributed by atoms with E-state index in [-0.39, 0.29) is 5.91 Å². The van der Waals surface area contributed by atoms with Crippen LogP contribution in [0.15, 0.2) is 10.7 Å². The first kappa shape index (κ1) is 14.6. The summed E-state index contributed by atoms with van der Waals surface area (Å²) in [4.78, 5) is 19.3. The lowest BCUT2D eigenvalue weighted by Crippen LogP contribution is -2.43. The minimum Gasteiger partial charge on any atom is -0.448 e. The Morgan fingerprint density at radius 3 is 2.86 bits per heavy atom. The maximum atomic E-state index is 12.8. The van der Waals surface area contributed by atoms with E-state index in [9.17, 15) is 4.79 Å². The van der Waals surface area contributed by atoms with E-state index < -0.39 is 0 Å². The molecule has 2 fully saturated rings. The van der Waals surface area contributed by atoms with E-state index in [2.05, 4.69) is 18.8 Å². The first-order valence-electron chi connectivity index (χ1n) is 8.40. The number of rotatable bonds is 4. The van der Waals surface area contributed by atoms with Crippen molar-refractivity contribution in [2.45, 2.75) is 64.8 Å². The van der Waals surface area contributed by atoms with E-state index in [0.29, 0.717) is 17.7 Å². The highest BCUT2D eigenvalue weighted by Gasteiger charge is 2.30. The standard InChI is InChI=1S/C17H26N2O2/c1-12(2)15-6-4-3-5-9-19(15)17(20)14-11-21-16(18-14)10-13-7-8-13/h11-13,15H,3-10H2,1-2H3/t15-/m1/s1. The lowest BCUT2D eigenvalue weighted by molar-refractivity contribution is 0.0625. The second kappa shape index (κ2) is 6.20. The van der Waals surface area contributed by atoms with Crippen molar-refractivity contribution < 1.29 is 9.21 Å². The summed E-state index contributed by atoms with van der Waals surface area (Å²) in [6.07, 6.45) is 9.64. The largest absolute Gasteiger partial charge is 0.448 e. The highest BCUT2D eigenvalue weighted by Crippen LogP contribution is 2.32. The summed E-state index contributed by atoms with van der Waals surface area (Å²) < 4.78 is 5.50. The molecule has 2 aliphatic rings. The molecule has 0 unspecified atom stereocenters. The van der Waals surface area contributed by atoms with Crippen molar-refractivity contribution in [3.8, 4) is 0 Å². The summed E-state index contributed by atoms with van der Waals surface area (Å²) in [6, 6.07) is 0.337. The van der Waals surface area contributed by atoms with Crippen molar-refractivity contribution in [2.75, 3.05) is 6.54 Å². The molecule has 4 nitrogen and oxygen atoms in total. The third-order valence-electron chi connectivity index (χ3n) is 4.76. The third-order valence-corrected chi connectivity index (χ3v) is 4.76. The first-order chi connectivity index (χ1) is 10.1. The molecule has 0 spiro atoms. The van der Waals surface area contributed by atoms with Gasteiger partial charge in [-0.25, -0.2) is 4.98 Å². The average Bonchev–Trinajstić information content (AvgIpc) is 3.19. The summed E-state index contributed by atoms with van der Waals surface area (Å²) in [7, 11) is 0. The van der Waals surface area contributed by atoms with E-state index in [1.807, 2.05) is 4.90 Å². The third kappa shape index (κ3) is 3.47. The molecule has 1 aromatic heterocycles. The molecule has 21 heavy (non-hydrogen) atoms. The van der Waals surface area contributed by atoms with Gasteiger partial charge in [0.05, 0.1) is 0 Å². The van der Waals surface area contributed by atoms with Crippen LogP contribution in [0, 0.1) is 11.8 Å². The zero-order valence-electron chi connectivity index (χ0n) is 13.2. The van der Waals surface area contributed by atoms with Gasteiger partial charge < -0.3 is 9.32 Å². The lowest BCUT2D eigenvalue weighted by Gasteiger charge is -2.32. The van der Waals surface area contributed by atoms with Gasteiger partial charge in [0.25, 0.3) is 5.91 Å². The predicted molar refractivity (Wildman–Crippen MR) is 81.1 cm³/mol. The Labute approximate surface area is 126 Å². The van der Waals surface area contributed by atoms with Crippen LogP contribution in [0.3, 0.4) is 0 Å². The first-order valence-corrected chi connectivity index (χ1v) is 8.40. The molecule has 0 aromatic carbocycles. The smallest absolute Gasteiger partial charge is 0.276 e. The summed E-state index contributed by atoms with van der Waals surface area (Å²) in [5.41, 5.74) is 0.498. The summed E-state index contributed by atoms with van der Waals surface area (Å²) >= 11 is 0. The molecule has 0 bridgehead atoms. The number of likely N-dealkylation sites (tertiary alicyclic amines) is 1. The zero-order chi connectivity index (χ0) is 14.8. The van der Waals surface area contributed by atoms with Gasteiger partial charge in [0.15, 0.2) is 11.6 Å². The maximum absolute atomic E-state index is 12.8. The molecule has 1 saturated heterocycles. The molecule has 3 rings (SSSR count). The predicted octanol–water partition coefficient (Wildman–Crippen LogP) is 3.67. The van der Waals surface area contributed by atoms with E-state index in [0.717, 1.165) is 37.6 Å². The number of hydrogen-bond donors (Lipinski definition) is 0. The Morgan fingerprint density at radius 1 is 1.33 bits per heavy atom. The van der Waals surface area contributed by atoms with Crippen LogP contribution in [0.25, 0.3) is 0 Å². The van der Waals surface area contributed by atoms with Crippen molar-refractivity contribution in [3.63, 3.8) is 0 Å². The normalized spacial score (nSPS) is 23.4. The van der Waals surface area contributed by atoms with Crippen LogP contribution in [0.5, 0.6) is 0 Å². The fourth-order valence-corrected chi connectivity index (χ4v) is 3.30. The molecule has 1 aromatic rings. The topological polar surface area (TPSA) is 46.3 Å². The molecule has 1 aliphatic heterocycles. The summed E-state index contributed by atoms with van der Waals surface area (Å²) in [5.74, 6) is 2.01. The quantitative estimate of drug-likeness (QED) is 0.850. The van der Waals surface area contributed by atoms with Gasteiger partial charge in [0.1, 0.15) is 6.26 Å². The Kier molecular flexibility index (Phi) is 4.32. The number of aromatic nitrogens is 1. The number of nitrogens with zero attached hydrogens (tertiary/aromatic N) is 2. The van der Waals surface area contributed by atoms with Crippen molar-refractivity contribution in [1.29, 1.82) is 0 Å². The highest BCUT2D eigenvalue weighted by atomic mass is 16.3. The molecule has 0 radical (unpaired) electrons. The zero-order valence-corrected chi connectivity index (χ0v) is 13.2. The Bertz CT molecular complexity index is 491. The van der Waals surface area contributed by atoms with Crippen LogP contribution in [0.4, 0.5) is 0 Å². The molecular formula is C17H26N2O2. The summed E-state index contributed by atoms with van der Waals surface area (Å²) in [5, 5.41) is 0. The number of carbonyl (C=O) groups is 1. The van der Waals surface area contributed by atoms with Gasteiger partial charge in [-0.05, 0) is 37.5 Å². The Balaban J connectivity index is 1.72. The van der Waals surface area contributed by atoms with E-state index in [1.165, 1.54) is 25.7 Å². The second-order valence-corrected chi connectivity index (χ2v) is 6.93. The van der Waals surface area contributed by atoms with Gasteiger partial charge in [-0.1, -0.05) is 26.7 Å². The van der Waals surface area contributed by atoms with Crippen LogP contribution in [-0.2, 0) is 6.42 Å². The highest BCUT2D eigenvalue weighted by molar-refractivity contribution is 5.92.